The zero-order valence-corrected chi connectivity index (χ0v) is 10.3. The number of aromatic carboxylic acids is 1. The molecule has 0 bridgehead atoms. The molecule has 1 N–H and O–H groups in total. The number of ether oxygens (including phenoxy) is 1. The summed E-state index contributed by atoms with van der Waals surface area (Å²) in [5.74, 6) is -3.00. The molecular formula is C13H10F2N2O3. The van der Waals surface area contributed by atoms with E-state index in [2.05, 4.69) is 5.10 Å². The molecule has 5 nitrogen and oxygen atoms in total. The minimum Gasteiger partial charge on any atom is -0.477 e. The maximum absolute atomic E-state index is 13.8. The van der Waals surface area contributed by atoms with E-state index in [4.69, 9.17) is 4.74 Å². The van der Waals surface area contributed by atoms with Crippen LogP contribution in [0.15, 0.2) is 18.2 Å². The van der Waals surface area contributed by atoms with Crippen LogP contribution in [0.25, 0.3) is 11.3 Å². The van der Waals surface area contributed by atoms with Gasteiger partial charge in [0, 0.05) is 13.0 Å². The summed E-state index contributed by atoms with van der Waals surface area (Å²) in [6.07, 6.45) is 0.660. The van der Waals surface area contributed by atoms with E-state index in [9.17, 15) is 18.7 Å². The number of nitrogens with zero attached hydrogens (tertiary/aromatic N) is 2. The van der Waals surface area contributed by atoms with Crippen LogP contribution in [-0.2, 0) is 6.54 Å². The molecule has 3 rings (SSSR count). The first kappa shape index (κ1) is 12.6. The first-order valence-corrected chi connectivity index (χ1v) is 6.01. The summed E-state index contributed by atoms with van der Waals surface area (Å²) in [6, 6.07) is 3.33. The van der Waals surface area contributed by atoms with E-state index in [1.807, 2.05) is 0 Å². The number of hydrogen-bond donors (Lipinski definition) is 1. The Hall–Kier alpha value is -2.44. The number of carboxylic acids is 1. The summed E-state index contributed by atoms with van der Waals surface area (Å²) in [7, 11) is 0. The van der Waals surface area contributed by atoms with E-state index in [-0.39, 0.29) is 17.1 Å². The first-order chi connectivity index (χ1) is 9.59. The molecule has 0 spiro atoms. The molecule has 7 heteroatoms. The van der Waals surface area contributed by atoms with Crippen LogP contribution < -0.4 is 4.74 Å². The molecule has 2 aromatic rings. The molecule has 1 aliphatic heterocycles. The van der Waals surface area contributed by atoms with Crippen LogP contribution in [0.3, 0.4) is 0 Å². The fourth-order valence-corrected chi connectivity index (χ4v) is 2.22. The van der Waals surface area contributed by atoms with Crippen molar-refractivity contribution in [2.75, 3.05) is 6.61 Å². The Balaban J connectivity index is 2.29. The van der Waals surface area contributed by atoms with E-state index in [0.717, 1.165) is 12.1 Å². The van der Waals surface area contributed by atoms with Crippen LogP contribution in [0, 0.1) is 11.6 Å². The smallest absolute Gasteiger partial charge is 0.343 e. The zero-order valence-electron chi connectivity index (χ0n) is 10.3. The molecular weight excluding hydrogens is 270 g/mol. The summed E-state index contributed by atoms with van der Waals surface area (Å²) < 4.78 is 34.2. The molecule has 0 saturated carbocycles. The molecule has 20 heavy (non-hydrogen) atoms. The zero-order chi connectivity index (χ0) is 14.3. The number of halogens is 2. The van der Waals surface area contributed by atoms with Gasteiger partial charge >= 0.3 is 5.97 Å². The van der Waals surface area contributed by atoms with Crippen molar-refractivity contribution in [2.24, 2.45) is 0 Å². The Morgan fingerprint density at radius 2 is 2.05 bits per heavy atom. The topological polar surface area (TPSA) is 64.3 Å². The van der Waals surface area contributed by atoms with Gasteiger partial charge in [-0.2, -0.15) is 5.10 Å². The molecule has 0 aliphatic carbocycles. The third-order valence-electron chi connectivity index (χ3n) is 3.07. The van der Waals surface area contributed by atoms with Crippen LogP contribution >= 0.6 is 0 Å². The fourth-order valence-electron chi connectivity index (χ4n) is 2.22. The van der Waals surface area contributed by atoms with Gasteiger partial charge in [0.2, 0.25) is 5.88 Å². The van der Waals surface area contributed by atoms with Crippen LogP contribution in [0.4, 0.5) is 8.78 Å². The van der Waals surface area contributed by atoms with Crippen molar-refractivity contribution in [1.82, 2.24) is 9.78 Å². The van der Waals surface area contributed by atoms with Crippen LogP contribution in [0.5, 0.6) is 5.88 Å². The van der Waals surface area contributed by atoms with Crippen molar-refractivity contribution in [3.63, 3.8) is 0 Å². The van der Waals surface area contributed by atoms with Crippen molar-refractivity contribution in [2.45, 2.75) is 13.0 Å². The van der Waals surface area contributed by atoms with E-state index >= 15 is 0 Å². The summed E-state index contributed by atoms with van der Waals surface area (Å²) >= 11 is 0. The Morgan fingerprint density at radius 1 is 1.35 bits per heavy atom. The van der Waals surface area contributed by atoms with E-state index in [1.54, 1.807) is 0 Å². The lowest BCUT2D eigenvalue weighted by Gasteiger charge is -2.14. The molecule has 0 fully saturated rings. The first-order valence-electron chi connectivity index (χ1n) is 6.01. The number of carboxylic acid groups (broad SMARTS) is 1. The van der Waals surface area contributed by atoms with Gasteiger partial charge in [-0.05, 0) is 12.1 Å². The SMILES string of the molecule is O=C(O)c1c(-c2c(F)cccc2F)nn2c1OCCC2. The van der Waals surface area contributed by atoms with Gasteiger partial charge in [-0.1, -0.05) is 6.07 Å². The number of hydrogen-bond acceptors (Lipinski definition) is 3. The summed E-state index contributed by atoms with van der Waals surface area (Å²) in [5, 5.41) is 13.3. The highest BCUT2D eigenvalue weighted by molar-refractivity contribution is 5.97. The highest BCUT2D eigenvalue weighted by Crippen LogP contribution is 2.35. The maximum atomic E-state index is 13.8. The Bertz CT molecular complexity index is 677. The molecule has 0 amide bonds. The summed E-state index contributed by atoms with van der Waals surface area (Å²) in [5.41, 5.74) is -1.01. The molecule has 0 atom stereocenters. The predicted molar refractivity (Wildman–Crippen MR) is 64.7 cm³/mol. The molecule has 2 heterocycles. The Morgan fingerprint density at radius 3 is 2.70 bits per heavy atom. The van der Waals surface area contributed by atoms with Crippen LogP contribution in [-0.4, -0.2) is 27.5 Å². The quantitative estimate of drug-likeness (QED) is 0.916. The van der Waals surface area contributed by atoms with Gasteiger partial charge in [-0.25, -0.2) is 18.3 Å². The average molecular weight is 280 g/mol. The standard InChI is InChI=1S/C13H10F2N2O3/c14-7-3-1-4-8(15)9(7)11-10(13(18)19)12-17(16-11)5-2-6-20-12/h1,3-4H,2,5-6H2,(H,18,19). The molecule has 104 valence electrons. The number of aryl methyl sites for hydroxylation is 1. The Labute approximate surface area is 112 Å². The van der Waals surface area contributed by atoms with Gasteiger partial charge in [-0.3, -0.25) is 0 Å². The van der Waals surface area contributed by atoms with Crippen molar-refractivity contribution < 1.29 is 23.4 Å². The molecule has 0 radical (unpaired) electrons. The lowest BCUT2D eigenvalue weighted by molar-refractivity contribution is 0.0690. The number of carbonyl (C=O) groups is 1. The van der Waals surface area contributed by atoms with Crippen LogP contribution in [0.1, 0.15) is 16.8 Å². The number of aromatic nitrogens is 2. The van der Waals surface area contributed by atoms with Crippen LogP contribution in [0.2, 0.25) is 0 Å². The highest BCUT2D eigenvalue weighted by Gasteiger charge is 2.30. The van der Waals surface area contributed by atoms with Crippen molar-refractivity contribution >= 4 is 5.97 Å². The van der Waals surface area contributed by atoms with Gasteiger partial charge in [0.15, 0.2) is 0 Å². The number of fused-ring (bicyclic) bond motifs is 1. The van der Waals surface area contributed by atoms with E-state index in [1.165, 1.54) is 10.7 Å². The van der Waals surface area contributed by atoms with Gasteiger partial charge < -0.3 is 9.84 Å². The molecule has 0 unspecified atom stereocenters. The van der Waals surface area contributed by atoms with Gasteiger partial charge in [0.25, 0.3) is 0 Å². The van der Waals surface area contributed by atoms with Gasteiger partial charge in [0.1, 0.15) is 22.9 Å². The lowest BCUT2D eigenvalue weighted by atomic mass is 10.1. The van der Waals surface area contributed by atoms with E-state index < -0.39 is 23.2 Å². The third kappa shape index (κ3) is 1.82. The van der Waals surface area contributed by atoms with Gasteiger partial charge in [-0.15, -0.1) is 0 Å². The Kier molecular flexibility index (Phi) is 2.89. The van der Waals surface area contributed by atoms with Gasteiger partial charge in [0.05, 0.1) is 12.2 Å². The lowest BCUT2D eigenvalue weighted by Crippen LogP contribution is -2.16. The van der Waals surface area contributed by atoms with Crippen molar-refractivity contribution in [3.8, 4) is 17.1 Å². The average Bonchev–Trinajstić information content (AvgIpc) is 2.77. The summed E-state index contributed by atoms with van der Waals surface area (Å²) in [6.45, 7) is 0.802. The second-order valence-corrected chi connectivity index (χ2v) is 4.36. The largest absolute Gasteiger partial charge is 0.477 e. The van der Waals surface area contributed by atoms with E-state index in [0.29, 0.717) is 19.6 Å². The molecule has 0 saturated heterocycles. The second-order valence-electron chi connectivity index (χ2n) is 4.36. The summed E-state index contributed by atoms with van der Waals surface area (Å²) in [4.78, 5) is 11.4. The van der Waals surface area contributed by atoms with Crippen molar-refractivity contribution in [3.05, 3.63) is 35.4 Å². The number of benzene rings is 1. The maximum Gasteiger partial charge on any atom is 0.343 e. The monoisotopic (exact) mass is 280 g/mol. The minimum absolute atomic E-state index is 0.0430. The normalized spacial score (nSPS) is 13.7. The number of rotatable bonds is 2. The molecule has 1 aromatic carbocycles. The highest BCUT2D eigenvalue weighted by atomic mass is 19.1. The fraction of sp³-hybridized carbons (Fsp3) is 0.231. The van der Waals surface area contributed by atoms with Crippen molar-refractivity contribution in [1.29, 1.82) is 0 Å². The molecule has 1 aliphatic rings. The second kappa shape index (κ2) is 4.59. The molecule has 1 aromatic heterocycles. The third-order valence-corrected chi connectivity index (χ3v) is 3.07. The predicted octanol–water partition coefficient (Wildman–Crippen LogP) is 2.31. The minimum atomic E-state index is -1.33.